The van der Waals surface area contributed by atoms with Crippen molar-refractivity contribution in [2.24, 2.45) is 0 Å². The van der Waals surface area contributed by atoms with Gasteiger partial charge in [0.15, 0.2) is 0 Å². The Morgan fingerprint density at radius 2 is 1.89 bits per heavy atom. The maximum atomic E-state index is 12.3. The topological polar surface area (TPSA) is 95.0 Å². The maximum absolute atomic E-state index is 12.3. The minimum atomic E-state index is -3.70. The Bertz CT molecular complexity index is 488. The van der Waals surface area contributed by atoms with E-state index in [1.54, 1.807) is 0 Å². The number of nitrogens with zero attached hydrogens (tertiary/aromatic N) is 2. The molecule has 1 atom stereocenters. The first-order valence-corrected chi connectivity index (χ1v) is 9.66. The Balaban J connectivity index is 2.77. The molecular formula is C10H22N2O5S2. The molecule has 19 heavy (non-hydrogen) atoms. The molecule has 0 aromatic rings. The molecule has 1 aliphatic heterocycles. The highest BCUT2D eigenvalue weighted by Crippen LogP contribution is 2.21. The number of piperidine rings is 1. The predicted molar refractivity (Wildman–Crippen MR) is 72.7 cm³/mol. The van der Waals surface area contributed by atoms with E-state index in [9.17, 15) is 21.9 Å². The van der Waals surface area contributed by atoms with Crippen LogP contribution in [0.3, 0.4) is 0 Å². The Labute approximate surface area is 115 Å². The molecule has 0 aromatic carbocycles. The highest BCUT2D eigenvalue weighted by molar-refractivity contribution is 7.90. The molecule has 0 aromatic heterocycles. The van der Waals surface area contributed by atoms with Crippen molar-refractivity contribution in [1.82, 2.24) is 8.61 Å². The number of rotatable bonds is 6. The summed E-state index contributed by atoms with van der Waals surface area (Å²) in [5, 5.41) is 9.25. The van der Waals surface area contributed by atoms with Gasteiger partial charge in [0.2, 0.25) is 0 Å². The summed E-state index contributed by atoms with van der Waals surface area (Å²) in [6.07, 6.45) is 3.36. The van der Waals surface area contributed by atoms with Crippen molar-refractivity contribution in [2.45, 2.75) is 25.3 Å². The number of aliphatic hydroxyl groups is 1. The van der Waals surface area contributed by atoms with Crippen molar-refractivity contribution in [3.05, 3.63) is 0 Å². The molecule has 1 unspecified atom stereocenters. The summed E-state index contributed by atoms with van der Waals surface area (Å²) in [6.45, 7) is 0.0890. The van der Waals surface area contributed by atoms with Gasteiger partial charge in [0.25, 0.3) is 10.2 Å². The van der Waals surface area contributed by atoms with Crippen molar-refractivity contribution in [3.63, 3.8) is 0 Å². The number of aliphatic hydroxyl groups excluding tert-OH is 1. The molecule has 0 amide bonds. The van der Waals surface area contributed by atoms with E-state index in [0.29, 0.717) is 13.0 Å². The van der Waals surface area contributed by atoms with Gasteiger partial charge >= 0.3 is 0 Å². The third kappa shape index (κ3) is 4.67. The van der Waals surface area contributed by atoms with E-state index in [-0.39, 0.29) is 18.9 Å². The van der Waals surface area contributed by atoms with E-state index in [1.165, 1.54) is 11.4 Å². The summed E-state index contributed by atoms with van der Waals surface area (Å²) < 4.78 is 49.1. The van der Waals surface area contributed by atoms with Crippen LogP contribution in [0.5, 0.6) is 0 Å². The molecule has 1 saturated heterocycles. The molecule has 1 heterocycles. The van der Waals surface area contributed by atoms with Gasteiger partial charge in [-0.2, -0.15) is 17.0 Å². The van der Waals surface area contributed by atoms with Gasteiger partial charge in [-0.3, -0.25) is 0 Å². The van der Waals surface area contributed by atoms with Crippen molar-refractivity contribution in [3.8, 4) is 0 Å². The first kappa shape index (κ1) is 16.8. The molecule has 9 heteroatoms. The molecule has 114 valence electrons. The Hall–Kier alpha value is -0.220. The lowest BCUT2D eigenvalue weighted by atomic mass is 10.1. The molecular weight excluding hydrogens is 292 g/mol. The van der Waals surface area contributed by atoms with E-state index in [0.717, 1.165) is 23.4 Å². The van der Waals surface area contributed by atoms with Crippen LogP contribution in [0.4, 0.5) is 0 Å². The van der Waals surface area contributed by atoms with E-state index in [1.807, 2.05) is 0 Å². The Kier molecular flexibility index (Phi) is 5.75. The first-order chi connectivity index (χ1) is 8.68. The minimum absolute atomic E-state index is 0.0736. The van der Waals surface area contributed by atoms with Crippen LogP contribution in [-0.2, 0) is 20.0 Å². The van der Waals surface area contributed by atoms with Gasteiger partial charge in [-0.05, 0) is 12.8 Å². The van der Waals surface area contributed by atoms with Crippen LogP contribution < -0.4 is 0 Å². The average Bonchev–Trinajstić information content (AvgIpc) is 2.34. The third-order valence-corrected chi connectivity index (χ3v) is 6.22. The van der Waals surface area contributed by atoms with Crippen LogP contribution in [0.25, 0.3) is 0 Å². The lowest BCUT2D eigenvalue weighted by Gasteiger charge is -2.36. The normalized spacial score (nSPS) is 22.8. The van der Waals surface area contributed by atoms with Crippen LogP contribution >= 0.6 is 0 Å². The second-order valence-corrected chi connectivity index (χ2v) is 9.15. The highest BCUT2D eigenvalue weighted by Gasteiger charge is 2.34. The molecule has 1 rings (SSSR count). The summed E-state index contributed by atoms with van der Waals surface area (Å²) in [5.74, 6) is -0.208. The van der Waals surface area contributed by atoms with Crippen LogP contribution in [0.1, 0.15) is 19.3 Å². The van der Waals surface area contributed by atoms with Crippen molar-refractivity contribution in [2.75, 3.05) is 38.8 Å². The maximum Gasteiger partial charge on any atom is 0.282 e. The minimum Gasteiger partial charge on any atom is -0.395 e. The number of hydrogen-bond donors (Lipinski definition) is 1. The van der Waals surface area contributed by atoms with Crippen LogP contribution in [-0.4, -0.2) is 75.3 Å². The summed E-state index contributed by atoms with van der Waals surface area (Å²) in [6, 6.07) is -0.403. The molecule has 0 radical (unpaired) electrons. The van der Waals surface area contributed by atoms with Gasteiger partial charge in [-0.25, -0.2) is 8.42 Å². The SMILES string of the molecule is CN(CCS(C)(=O)=O)S(=O)(=O)N1CCCCC1CO. The molecule has 0 spiro atoms. The lowest BCUT2D eigenvalue weighted by Crippen LogP contribution is -2.51. The second kappa shape index (κ2) is 6.49. The largest absolute Gasteiger partial charge is 0.395 e. The Morgan fingerprint density at radius 3 is 2.42 bits per heavy atom. The monoisotopic (exact) mass is 314 g/mol. The van der Waals surface area contributed by atoms with E-state index < -0.39 is 26.1 Å². The fourth-order valence-corrected chi connectivity index (χ4v) is 4.36. The lowest BCUT2D eigenvalue weighted by molar-refractivity contribution is 0.149. The Morgan fingerprint density at radius 1 is 1.26 bits per heavy atom. The highest BCUT2D eigenvalue weighted by atomic mass is 32.2. The quantitative estimate of drug-likeness (QED) is 0.682. The van der Waals surface area contributed by atoms with Gasteiger partial charge in [0, 0.05) is 32.4 Å². The fourth-order valence-electron chi connectivity index (χ4n) is 2.05. The number of hydrogen-bond acceptors (Lipinski definition) is 5. The zero-order valence-corrected chi connectivity index (χ0v) is 13.0. The molecule has 1 N–H and O–H groups in total. The van der Waals surface area contributed by atoms with Crippen LogP contribution in [0.2, 0.25) is 0 Å². The van der Waals surface area contributed by atoms with E-state index in [2.05, 4.69) is 0 Å². The molecule has 1 aliphatic rings. The zero-order valence-electron chi connectivity index (χ0n) is 11.3. The molecule has 0 aliphatic carbocycles. The standard InChI is InChI=1S/C10H22N2O5S2/c1-11(7-8-18(2,14)15)19(16,17)12-6-4-3-5-10(12)9-13/h10,13H,3-9H2,1-2H3. The first-order valence-electron chi connectivity index (χ1n) is 6.20. The summed E-state index contributed by atoms with van der Waals surface area (Å²) in [7, 11) is -5.54. The molecule has 1 fully saturated rings. The molecule has 0 bridgehead atoms. The zero-order chi connectivity index (χ0) is 14.7. The van der Waals surface area contributed by atoms with E-state index in [4.69, 9.17) is 0 Å². The van der Waals surface area contributed by atoms with Crippen LogP contribution in [0.15, 0.2) is 0 Å². The summed E-state index contributed by atoms with van der Waals surface area (Å²) in [5.41, 5.74) is 0. The van der Waals surface area contributed by atoms with Crippen molar-refractivity contribution >= 4 is 20.0 Å². The third-order valence-electron chi connectivity index (χ3n) is 3.25. The smallest absolute Gasteiger partial charge is 0.282 e. The van der Waals surface area contributed by atoms with Gasteiger partial charge in [-0.15, -0.1) is 0 Å². The van der Waals surface area contributed by atoms with Gasteiger partial charge in [0.05, 0.1) is 12.4 Å². The number of sulfone groups is 1. The van der Waals surface area contributed by atoms with Crippen molar-refractivity contribution in [1.29, 1.82) is 0 Å². The molecule has 0 saturated carbocycles. The fraction of sp³-hybridized carbons (Fsp3) is 1.00. The predicted octanol–water partition coefficient (Wildman–Crippen LogP) is -0.946. The van der Waals surface area contributed by atoms with Crippen molar-refractivity contribution < 1.29 is 21.9 Å². The van der Waals surface area contributed by atoms with Gasteiger partial charge in [-0.1, -0.05) is 6.42 Å². The van der Waals surface area contributed by atoms with Gasteiger partial charge in [0.1, 0.15) is 9.84 Å². The van der Waals surface area contributed by atoms with E-state index >= 15 is 0 Å². The van der Waals surface area contributed by atoms with Crippen LogP contribution in [0, 0.1) is 0 Å². The summed E-state index contributed by atoms with van der Waals surface area (Å²) >= 11 is 0. The second-order valence-electron chi connectivity index (χ2n) is 4.90. The summed E-state index contributed by atoms with van der Waals surface area (Å²) in [4.78, 5) is 0. The van der Waals surface area contributed by atoms with Gasteiger partial charge < -0.3 is 5.11 Å². The molecule has 7 nitrogen and oxygen atoms in total. The average molecular weight is 314 g/mol.